The third-order valence-electron chi connectivity index (χ3n) is 2.53. The van der Waals surface area contributed by atoms with Gasteiger partial charge in [-0.2, -0.15) is 11.8 Å². The van der Waals surface area contributed by atoms with Crippen LogP contribution in [-0.4, -0.2) is 48.4 Å². The molecule has 0 spiro atoms. The molecule has 0 radical (unpaired) electrons. The summed E-state index contributed by atoms with van der Waals surface area (Å²) in [5.41, 5.74) is -0.705. The fourth-order valence-electron chi connectivity index (χ4n) is 1.58. The minimum atomic E-state index is -0.728. The lowest BCUT2D eigenvalue weighted by Crippen LogP contribution is -2.55. The average Bonchev–Trinajstić information content (AvgIpc) is 2.19. The number of aliphatic carboxylic acids is 1. The number of carboxylic acids is 1. The van der Waals surface area contributed by atoms with Gasteiger partial charge >= 0.3 is 5.97 Å². The van der Waals surface area contributed by atoms with E-state index >= 15 is 0 Å². The van der Waals surface area contributed by atoms with Crippen molar-refractivity contribution in [1.29, 1.82) is 0 Å². The first kappa shape index (κ1) is 11.8. The molecule has 14 heavy (non-hydrogen) atoms. The van der Waals surface area contributed by atoms with Crippen LogP contribution in [0, 0.1) is 0 Å². The Balaban J connectivity index is 2.47. The molecule has 1 aliphatic rings. The van der Waals surface area contributed by atoms with Crippen LogP contribution in [0.25, 0.3) is 0 Å². The summed E-state index contributed by atoms with van der Waals surface area (Å²) in [5.74, 6) is 1.12. The summed E-state index contributed by atoms with van der Waals surface area (Å²) in [6, 6.07) is 0. The van der Waals surface area contributed by atoms with Crippen LogP contribution in [0.3, 0.4) is 0 Å². The zero-order valence-corrected chi connectivity index (χ0v) is 9.23. The number of hydrogen-bond donors (Lipinski definition) is 2. The second-order valence-electron chi connectivity index (χ2n) is 3.42. The summed E-state index contributed by atoms with van der Waals surface area (Å²) in [4.78, 5) is 11.2. The Kier molecular flexibility index (Phi) is 4.71. The number of thioether (sulfide) groups is 1. The van der Waals surface area contributed by atoms with Gasteiger partial charge in [0.05, 0.1) is 6.61 Å². The van der Waals surface area contributed by atoms with Crippen molar-refractivity contribution >= 4 is 17.7 Å². The third-order valence-corrected chi connectivity index (χ3v) is 3.51. The van der Waals surface area contributed by atoms with Gasteiger partial charge < -0.3 is 9.84 Å². The lowest BCUT2D eigenvalue weighted by molar-refractivity contribution is -0.145. The highest BCUT2D eigenvalue weighted by Crippen LogP contribution is 2.27. The molecule has 1 aliphatic heterocycles. The summed E-state index contributed by atoms with van der Waals surface area (Å²) in [6.07, 6.45) is 1.41. The molecule has 1 rings (SSSR count). The van der Waals surface area contributed by atoms with E-state index in [0.717, 1.165) is 11.5 Å². The van der Waals surface area contributed by atoms with Gasteiger partial charge in [0.2, 0.25) is 0 Å². The number of hydrogen-bond acceptors (Lipinski definition) is 4. The van der Waals surface area contributed by atoms with Gasteiger partial charge in [-0.05, 0) is 24.3 Å². The van der Waals surface area contributed by atoms with Crippen molar-refractivity contribution in [2.24, 2.45) is 0 Å². The zero-order chi connectivity index (χ0) is 10.4. The van der Waals surface area contributed by atoms with Crippen LogP contribution in [0.2, 0.25) is 0 Å². The maximum atomic E-state index is 11.2. The van der Waals surface area contributed by atoms with Gasteiger partial charge in [-0.15, -0.1) is 0 Å². The third kappa shape index (κ3) is 2.87. The van der Waals surface area contributed by atoms with E-state index in [4.69, 9.17) is 4.74 Å². The normalized spacial score (nSPS) is 20.6. The highest BCUT2D eigenvalue weighted by Gasteiger charge is 2.39. The van der Waals surface area contributed by atoms with E-state index in [-0.39, 0.29) is 0 Å². The quantitative estimate of drug-likeness (QED) is 0.662. The van der Waals surface area contributed by atoms with Crippen LogP contribution in [0.4, 0.5) is 0 Å². The molecule has 1 saturated heterocycles. The summed E-state index contributed by atoms with van der Waals surface area (Å²) in [5, 5.41) is 12.3. The van der Waals surface area contributed by atoms with E-state index in [9.17, 15) is 9.90 Å². The maximum Gasteiger partial charge on any atom is 0.323 e. The number of methoxy groups -OCH3 is 1. The molecule has 0 atom stereocenters. The lowest BCUT2D eigenvalue weighted by atomic mass is 9.92. The van der Waals surface area contributed by atoms with E-state index in [2.05, 4.69) is 5.32 Å². The Bertz CT molecular complexity index is 192. The highest BCUT2D eigenvalue weighted by atomic mass is 32.2. The molecule has 0 bridgehead atoms. The number of ether oxygens (including phenoxy) is 1. The van der Waals surface area contributed by atoms with Gasteiger partial charge in [0, 0.05) is 13.7 Å². The smallest absolute Gasteiger partial charge is 0.323 e. The number of nitrogens with one attached hydrogen (secondary N) is 1. The van der Waals surface area contributed by atoms with Crippen molar-refractivity contribution in [3.8, 4) is 0 Å². The SMILES string of the molecule is COCCNC1(C(=O)O)CCSCC1. The molecule has 0 amide bonds. The molecule has 0 aromatic rings. The standard InChI is InChI=1S/C9H17NO3S/c1-13-5-4-10-9(8(11)12)2-6-14-7-3-9/h10H,2-7H2,1H3,(H,11,12). The molecule has 0 aromatic carbocycles. The van der Waals surface area contributed by atoms with Gasteiger partial charge in [0.15, 0.2) is 0 Å². The minimum Gasteiger partial charge on any atom is -0.480 e. The van der Waals surface area contributed by atoms with Crippen LogP contribution in [0.5, 0.6) is 0 Å². The molecule has 82 valence electrons. The molecule has 4 nitrogen and oxygen atoms in total. The Hall–Kier alpha value is -0.260. The topological polar surface area (TPSA) is 58.6 Å². The second-order valence-corrected chi connectivity index (χ2v) is 4.64. The van der Waals surface area contributed by atoms with Crippen molar-refractivity contribution in [2.75, 3.05) is 31.8 Å². The summed E-state index contributed by atoms with van der Waals surface area (Å²) >= 11 is 1.82. The van der Waals surface area contributed by atoms with Crippen molar-refractivity contribution in [3.63, 3.8) is 0 Å². The fraction of sp³-hybridized carbons (Fsp3) is 0.889. The molecule has 0 aliphatic carbocycles. The van der Waals surface area contributed by atoms with Gasteiger partial charge in [0.1, 0.15) is 5.54 Å². The van der Waals surface area contributed by atoms with E-state index in [1.165, 1.54) is 0 Å². The van der Waals surface area contributed by atoms with Gasteiger partial charge in [-0.3, -0.25) is 10.1 Å². The first-order valence-corrected chi connectivity index (χ1v) is 5.92. The Labute approximate surface area is 88.4 Å². The van der Waals surface area contributed by atoms with Gasteiger partial charge in [-0.1, -0.05) is 0 Å². The lowest BCUT2D eigenvalue weighted by Gasteiger charge is -2.33. The van der Waals surface area contributed by atoms with Crippen LogP contribution in [0.15, 0.2) is 0 Å². The summed E-state index contributed by atoms with van der Waals surface area (Å²) in [6.45, 7) is 1.16. The van der Waals surface area contributed by atoms with E-state index < -0.39 is 11.5 Å². The highest BCUT2D eigenvalue weighted by molar-refractivity contribution is 7.99. The first-order valence-electron chi connectivity index (χ1n) is 4.76. The molecular formula is C9H17NO3S. The largest absolute Gasteiger partial charge is 0.480 e. The Morgan fingerprint density at radius 3 is 2.71 bits per heavy atom. The van der Waals surface area contributed by atoms with Crippen molar-refractivity contribution in [1.82, 2.24) is 5.32 Å². The molecule has 0 aromatic heterocycles. The minimum absolute atomic E-state index is 0.558. The molecule has 1 heterocycles. The fourth-order valence-corrected chi connectivity index (χ4v) is 2.77. The zero-order valence-electron chi connectivity index (χ0n) is 8.41. The Morgan fingerprint density at radius 2 is 2.21 bits per heavy atom. The number of carbonyl (C=O) groups is 1. The predicted octanol–water partition coefficient (Wildman–Crippen LogP) is 0.573. The summed E-state index contributed by atoms with van der Waals surface area (Å²) in [7, 11) is 1.62. The number of carboxylic acid groups (broad SMARTS) is 1. The predicted molar refractivity (Wildman–Crippen MR) is 56.8 cm³/mol. The average molecular weight is 219 g/mol. The molecule has 1 fully saturated rings. The molecular weight excluding hydrogens is 202 g/mol. The van der Waals surface area contributed by atoms with E-state index in [1.54, 1.807) is 7.11 Å². The molecule has 2 N–H and O–H groups in total. The van der Waals surface area contributed by atoms with Gasteiger partial charge in [-0.25, -0.2) is 0 Å². The van der Waals surface area contributed by atoms with Crippen LogP contribution < -0.4 is 5.32 Å². The van der Waals surface area contributed by atoms with Crippen LogP contribution in [0.1, 0.15) is 12.8 Å². The Morgan fingerprint density at radius 1 is 1.57 bits per heavy atom. The first-order chi connectivity index (χ1) is 6.71. The second kappa shape index (κ2) is 5.58. The van der Waals surface area contributed by atoms with Crippen molar-refractivity contribution < 1.29 is 14.6 Å². The maximum absolute atomic E-state index is 11.2. The van der Waals surface area contributed by atoms with E-state index in [0.29, 0.717) is 26.0 Å². The molecule has 0 unspecified atom stereocenters. The number of rotatable bonds is 5. The van der Waals surface area contributed by atoms with Crippen molar-refractivity contribution in [3.05, 3.63) is 0 Å². The molecule has 5 heteroatoms. The molecule has 0 saturated carbocycles. The van der Waals surface area contributed by atoms with Gasteiger partial charge in [0.25, 0.3) is 0 Å². The van der Waals surface area contributed by atoms with Crippen LogP contribution in [-0.2, 0) is 9.53 Å². The van der Waals surface area contributed by atoms with Crippen molar-refractivity contribution in [2.45, 2.75) is 18.4 Å². The monoisotopic (exact) mass is 219 g/mol. The summed E-state index contributed by atoms with van der Waals surface area (Å²) < 4.78 is 4.90. The van der Waals surface area contributed by atoms with E-state index in [1.807, 2.05) is 11.8 Å². The van der Waals surface area contributed by atoms with Crippen LogP contribution >= 0.6 is 11.8 Å².